The number of hydrogen-bond donors (Lipinski definition) is 0. The van der Waals surface area contributed by atoms with Crippen LogP contribution >= 0.6 is 11.3 Å². The molecule has 1 fully saturated rings. The van der Waals surface area contributed by atoms with Crippen molar-refractivity contribution in [3.05, 3.63) is 63.7 Å². The van der Waals surface area contributed by atoms with Crippen molar-refractivity contribution in [1.82, 2.24) is 9.88 Å². The Morgan fingerprint density at radius 1 is 1.03 bits per heavy atom. The normalized spacial score (nSPS) is 13.7. The van der Waals surface area contributed by atoms with Gasteiger partial charge in [-0.3, -0.25) is 14.9 Å². The summed E-state index contributed by atoms with van der Waals surface area (Å²) >= 11 is 1.41. The molecule has 4 rings (SSSR count). The summed E-state index contributed by atoms with van der Waals surface area (Å²) in [4.78, 5) is 31.8. The first-order valence-corrected chi connectivity index (χ1v) is 10.8. The van der Waals surface area contributed by atoms with Gasteiger partial charge in [0.2, 0.25) is 0 Å². The predicted octanol–water partition coefficient (Wildman–Crippen LogP) is 3.70. The van der Waals surface area contributed by atoms with Gasteiger partial charge in [-0.05, 0) is 30.3 Å². The zero-order valence-electron chi connectivity index (χ0n) is 17.7. The number of amides is 1. The van der Waals surface area contributed by atoms with Crippen molar-refractivity contribution in [2.45, 2.75) is 0 Å². The number of nitro benzene ring substituents is 1. The molecule has 0 radical (unpaired) electrons. The standard InChI is InChI=1S/C22H22N4O5S/c1-30-19-8-3-15(13-20(19)31-2)21-23-18(14-32-21)22(27)25-11-9-24(10-12-25)16-4-6-17(7-5-16)26(28)29/h3-8,13-14H,9-12H2,1-2H3. The monoisotopic (exact) mass is 454 g/mol. The van der Waals surface area contributed by atoms with Crippen LogP contribution in [-0.2, 0) is 0 Å². The minimum Gasteiger partial charge on any atom is -0.493 e. The molecule has 32 heavy (non-hydrogen) atoms. The molecule has 3 aromatic rings. The first-order chi connectivity index (χ1) is 15.5. The summed E-state index contributed by atoms with van der Waals surface area (Å²) in [5, 5.41) is 13.3. The van der Waals surface area contributed by atoms with Gasteiger partial charge in [0.25, 0.3) is 11.6 Å². The van der Waals surface area contributed by atoms with Crippen LogP contribution in [0.5, 0.6) is 11.5 Å². The average Bonchev–Trinajstić information content (AvgIpc) is 3.33. The summed E-state index contributed by atoms with van der Waals surface area (Å²) in [6, 6.07) is 12.0. The Labute approximate surface area is 189 Å². The number of non-ortho nitro benzene ring substituents is 1. The Balaban J connectivity index is 1.41. The average molecular weight is 455 g/mol. The van der Waals surface area contributed by atoms with Gasteiger partial charge in [0.15, 0.2) is 11.5 Å². The van der Waals surface area contributed by atoms with Crippen LogP contribution in [0.25, 0.3) is 10.6 Å². The molecular weight excluding hydrogens is 432 g/mol. The molecule has 2 heterocycles. The van der Waals surface area contributed by atoms with E-state index in [1.165, 1.54) is 23.5 Å². The summed E-state index contributed by atoms with van der Waals surface area (Å²) < 4.78 is 10.6. The molecule has 166 valence electrons. The summed E-state index contributed by atoms with van der Waals surface area (Å²) in [7, 11) is 3.16. The van der Waals surface area contributed by atoms with Crippen molar-refractivity contribution in [3.8, 4) is 22.1 Å². The van der Waals surface area contributed by atoms with E-state index in [0.29, 0.717) is 43.4 Å². The zero-order valence-corrected chi connectivity index (χ0v) is 18.5. The van der Waals surface area contributed by atoms with Crippen LogP contribution in [0.1, 0.15) is 10.5 Å². The SMILES string of the molecule is COc1ccc(-c2nc(C(=O)N3CCN(c4ccc([N+](=O)[O-])cc4)CC3)cs2)cc1OC. The van der Waals surface area contributed by atoms with E-state index in [4.69, 9.17) is 9.47 Å². The van der Waals surface area contributed by atoms with Gasteiger partial charge in [0, 0.05) is 54.9 Å². The molecule has 1 aliphatic rings. The number of rotatable bonds is 6. The van der Waals surface area contributed by atoms with Crippen molar-refractivity contribution in [1.29, 1.82) is 0 Å². The second-order valence-corrected chi connectivity index (χ2v) is 8.02. The van der Waals surface area contributed by atoms with E-state index in [0.717, 1.165) is 16.3 Å². The topological polar surface area (TPSA) is 98.0 Å². The van der Waals surface area contributed by atoms with E-state index < -0.39 is 4.92 Å². The van der Waals surface area contributed by atoms with Gasteiger partial charge in [-0.1, -0.05) is 0 Å². The minimum atomic E-state index is -0.412. The number of anilines is 1. The molecule has 1 aromatic heterocycles. The Kier molecular flexibility index (Phi) is 6.22. The quantitative estimate of drug-likeness (QED) is 0.414. The molecule has 1 amide bonds. The maximum atomic E-state index is 13.0. The fourth-order valence-corrected chi connectivity index (χ4v) is 4.38. The number of piperazine rings is 1. The lowest BCUT2D eigenvalue weighted by Crippen LogP contribution is -2.48. The van der Waals surface area contributed by atoms with Crippen molar-refractivity contribution >= 4 is 28.6 Å². The van der Waals surface area contributed by atoms with Crippen LogP contribution in [-0.4, -0.2) is 61.1 Å². The molecule has 0 saturated carbocycles. The third kappa shape index (κ3) is 4.35. The van der Waals surface area contributed by atoms with Crippen LogP contribution in [0, 0.1) is 10.1 Å². The molecule has 0 unspecified atom stereocenters. The number of carbonyl (C=O) groups is 1. The number of nitrogens with zero attached hydrogens (tertiary/aromatic N) is 4. The highest BCUT2D eigenvalue weighted by Crippen LogP contribution is 2.33. The molecule has 9 nitrogen and oxygen atoms in total. The van der Waals surface area contributed by atoms with Crippen molar-refractivity contribution in [3.63, 3.8) is 0 Å². The molecule has 2 aromatic carbocycles. The lowest BCUT2D eigenvalue weighted by Gasteiger charge is -2.35. The van der Waals surface area contributed by atoms with E-state index in [1.54, 1.807) is 36.6 Å². The molecule has 0 spiro atoms. The minimum absolute atomic E-state index is 0.0661. The molecular formula is C22H22N4O5S. The van der Waals surface area contributed by atoms with E-state index in [9.17, 15) is 14.9 Å². The van der Waals surface area contributed by atoms with Gasteiger partial charge in [0.05, 0.1) is 19.1 Å². The van der Waals surface area contributed by atoms with Crippen molar-refractivity contribution in [2.75, 3.05) is 45.3 Å². The Hall–Kier alpha value is -3.66. The van der Waals surface area contributed by atoms with Crippen molar-refractivity contribution in [2.24, 2.45) is 0 Å². The molecule has 0 aliphatic carbocycles. The second kappa shape index (κ2) is 9.23. The fourth-order valence-electron chi connectivity index (χ4n) is 3.59. The van der Waals surface area contributed by atoms with Gasteiger partial charge < -0.3 is 19.3 Å². The van der Waals surface area contributed by atoms with Gasteiger partial charge >= 0.3 is 0 Å². The first-order valence-electron chi connectivity index (χ1n) is 9.96. The number of ether oxygens (including phenoxy) is 2. The maximum absolute atomic E-state index is 13.0. The van der Waals surface area contributed by atoms with Crippen molar-refractivity contribution < 1.29 is 19.2 Å². The molecule has 0 N–H and O–H groups in total. The predicted molar refractivity (Wildman–Crippen MR) is 122 cm³/mol. The summed E-state index contributed by atoms with van der Waals surface area (Å²) in [6.07, 6.45) is 0. The van der Waals surface area contributed by atoms with E-state index in [-0.39, 0.29) is 11.6 Å². The van der Waals surface area contributed by atoms with E-state index in [2.05, 4.69) is 9.88 Å². The largest absolute Gasteiger partial charge is 0.493 e. The van der Waals surface area contributed by atoms with Crippen LogP contribution < -0.4 is 14.4 Å². The zero-order chi connectivity index (χ0) is 22.7. The summed E-state index contributed by atoms with van der Waals surface area (Å²) in [5.41, 5.74) is 2.25. The number of methoxy groups -OCH3 is 2. The molecule has 0 atom stereocenters. The molecule has 1 aliphatic heterocycles. The number of benzene rings is 2. The number of aromatic nitrogens is 1. The summed E-state index contributed by atoms with van der Waals surface area (Å²) in [5.74, 6) is 1.14. The lowest BCUT2D eigenvalue weighted by atomic mass is 10.2. The van der Waals surface area contributed by atoms with Crippen LogP contribution in [0.2, 0.25) is 0 Å². The highest BCUT2D eigenvalue weighted by molar-refractivity contribution is 7.13. The Bertz CT molecular complexity index is 1120. The maximum Gasteiger partial charge on any atom is 0.273 e. The van der Waals surface area contributed by atoms with Gasteiger partial charge in [-0.2, -0.15) is 0 Å². The Morgan fingerprint density at radius 3 is 2.34 bits per heavy atom. The smallest absolute Gasteiger partial charge is 0.273 e. The number of hydrogen-bond acceptors (Lipinski definition) is 8. The van der Waals surface area contributed by atoms with Gasteiger partial charge in [0.1, 0.15) is 10.7 Å². The third-order valence-electron chi connectivity index (χ3n) is 5.35. The molecule has 10 heteroatoms. The van der Waals surface area contributed by atoms with Crippen LogP contribution in [0.15, 0.2) is 47.8 Å². The highest BCUT2D eigenvalue weighted by atomic mass is 32.1. The van der Waals surface area contributed by atoms with Gasteiger partial charge in [-0.25, -0.2) is 4.98 Å². The van der Waals surface area contributed by atoms with Crippen LogP contribution in [0.4, 0.5) is 11.4 Å². The number of nitro groups is 1. The van der Waals surface area contributed by atoms with E-state index >= 15 is 0 Å². The first kappa shape index (κ1) is 21.6. The number of carbonyl (C=O) groups excluding carboxylic acids is 1. The van der Waals surface area contributed by atoms with Crippen LogP contribution in [0.3, 0.4) is 0 Å². The molecule has 0 bridgehead atoms. The van der Waals surface area contributed by atoms with Gasteiger partial charge in [-0.15, -0.1) is 11.3 Å². The molecule has 1 saturated heterocycles. The number of thiazole rings is 1. The highest BCUT2D eigenvalue weighted by Gasteiger charge is 2.24. The summed E-state index contributed by atoms with van der Waals surface area (Å²) in [6.45, 7) is 2.41. The van der Waals surface area contributed by atoms with E-state index in [1.807, 2.05) is 18.2 Å². The fraction of sp³-hybridized carbons (Fsp3) is 0.273. The Morgan fingerprint density at radius 2 is 1.72 bits per heavy atom. The third-order valence-corrected chi connectivity index (χ3v) is 6.24. The second-order valence-electron chi connectivity index (χ2n) is 7.16. The lowest BCUT2D eigenvalue weighted by molar-refractivity contribution is -0.384.